The molecule has 0 radical (unpaired) electrons. The molecule has 0 saturated heterocycles. The Hall–Kier alpha value is -0.350. The Morgan fingerprint density at radius 3 is 2.69 bits per heavy atom. The molecule has 0 saturated carbocycles. The highest BCUT2D eigenvalue weighted by Crippen LogP contribution is 2.20. The van der Waals surface area contributed by atoms with E-state index in [0.717, 1.165) is 29.8 Å². The third kappa shape index (κ3) is 3.59. The third-order valence-electron chi connectivity index (χ3n) is 2.70. The fourth-order valence-corrected chi connectivity index (χ4v) is 2.17. The molecule has 16 heavy (non-hydrogen) atoms. The topological polar surface area (TPSA) is 29.9 Å². The second kappa shape index (κ2) is 7.07. The van der Waals surface area contributed by atoms with Gasteiger partial charge >= 0.3 is 0 Å². The van der Waals surface area contributed by atoms with E-state index in [9.17, 15) is 0 Å². The standard InChI is InChI=1S/C12H22BrN3/c1-4-6-7-8-14-9-11-12(13)10(3)15-16(11)5-2/h14H,4-9H2,1-3H3. The molecule has 0 aromatic carbocycles. The van der Waals surface area contributed by atoms with E-state index in [1.807, 2.05) is 6.92 Å². The third-order valence-corrected chi connectivity index (χ3v) is 3.73. The van der Waals surface area contributed by atoms with Crippen molar-refractivity contribution in [2.75, 3.05) is 6.54 Å². The Labute approximate surface area is 107 Å². The molecule has 0 aliphatic heterocycles. The molecule has 0 spiro atoms. The number of unbranched alkanes of at least 4 members (excludes halogenated alkanes) is 2. The van der Waals surface area contributed by atoms with Crippen LogP contribution in [0.2, 0.25) is 0 Å². The minimum Gasteiger partial charge on any atom is -0.311 e. The summed E-state index contributed by atoms with van der Waals surface area (Å²) in [6.45, 7) is 9.31. The lowest BCUT2D eigenvalue weighted by Gasteiger charge is -2.07. The van der Waals surface area contributed by atoms with Crippen LogP contribution in [0.5, 0.6) is 0 Å². The summed E-state index contributed by atoms with van der Waals surface area (Å²) >= 11 is 3.60. The monoisotopic (exact) mass is 287 g/mol. The van der Waals surface area contributed by atoms with E-state index < -0.39 is 0 Å². The molecule has 92 valence electrons. The molecule has 0 aliphatic carbocycles. The van der Waals surface area contributed by atoms with Crippen molar-refractivity contribution >= 4 is 15.9 Å². The minimum absolute atomic E-state index is 0.902. The van der Waals surface area contributed by atoms with Gasteiger partial charge in [-0.15, -0.1) is 0 Å². The van der Waals surface area contributed by atoms with Crippen molar-refractivity contribution in [3.8, 4) is 0 Å². The molecular formula is C12H22BrN3. The van der Waals surface area contributed by atoms with E-state index in [1.54, 1.807) is 0 Å². The molecule has 0 fully saturated rings. The van der Waals surface area contributed by atoms with Crippen molar-refractivity contribution in [3.63, 3.8) is 0 Å². The summed E-state index contributed by atoms with van der Waals surface area (Å²) in [5, 5.41) is 7.95. The molecule has 1 rings (SSSR count). The molecule has 1 aromatic heterocycles. The number of halogens is 1. The Morgan fingerprint density at radius 2 is 2.06 bits per heavy atom. The number of aromatic nitrogens is 2. The van der Waals surface area contributed by atoms with Crippen LogP contribution in [0.4, 0.5) is 0 Å². The zero-order valence-corrected chi connectivity index (χ0v) is 12.1. The molecule has 3 nitrogen and oxygen atoms in total. The molecule has 1 N–H and O–H groups in total. The molecule has 0 aliphatic rings. The Kier molecular flexibility index (Phi) is 6.06. The first-order chi connectivity index (χ1) is 7.70. The van der Waals surface area contributed by atoms with Crippen LogP contribution in [-0.2, 0) is 13.1 Å². The van der Waals surface area contributed by atoms with Gasteiger partial charge < -0.3 is 5.32 Å². The summed E-state index contributed by atoms with van der Waals surface area (Å²) in [4.78, 5) is 0. The van der Waals surface area contributed by atoms with Crippen molar-refractivity contribution in [1.29, 1.82) is 0 Å². The van der Waals surface area contributed by atoms with Crippen LogP contribution < -0.4 is 5.32 Å². The summed E-state index contributed by atoms with van der Waals surface area (Å²) in [6.07, 6.45) is 3.84. The summed E-state index contributed by atoms with van der Waals surface area (Å²) in [5.74, 6) is 0. The smallest absolute Gasteiger partial charge is 0.0739 e. The average Bonchev–Trinajstić information content (AvgIpc) is 2.56. The van der Waals surface area contributed by atoms with Crippen LogP contribution in [0.25, 0.3) is 0 Å². The van der Waals surface area contributed by atoms with Gasteiger partial charge in [-0.3, -0.25) is 4.68 Å². The summed E-state index contributed by atoms with van der Waals surface area (Å²) in [7, 11) is 0. The van der Waals surface area contributed by atoms with Gasteiger partial charge in [0, 0.05) is 13.1 Å². The van der Waals surface area contributed by atoms with Crippen molar-refractivity contribution in [2.45, 2.75) is 53.1 Å². The van der Waals surface area contributed by atoms with E-state index >= 15 is 0 Å². The SMILES string of the molecule is CCCCCNCc1c(Br)c(C)nn1CC. The zero-order valence-electron chi connectivity index (χ0n) is 10.5. The molecule has 1 heterocycles. The lowest BCUT2D eigenvalue weighted by molar-refractivity contribution is 0.561. The molecule has 0 bridgehead atoms. The number of nitrogens with one attached hydrogen (secondary N) is 1. The predicted octanol–water partition coefficient (Wildman–Crippen LogP) is 3.25. The highest BCUT2D eigenvalue weighted by molar-refractivity contribution is 9.10. The zero-order chi connectivity index (χ0) is 12.0. The first-order valence-electron chi connectivity index (χ1n) is 6.13. The van der Waals surface area contributed by atoms with E-state index in [-0.39, 0.29) is 0 Å². The fourth-order valence-electron chi connectivity index (χ4n) is 1.74. The normalized spacial score (nSPS) is 11.0. The van der Waals surface area contributed by atoms with Crippen LogP contribution in [0.3, 0.4) is 0 Å². The van der Waals surface area contributed by atoms with E-state index in [2.05, 4.69) is 44.9 Å². The Bertz CT molecular complexity index is 320. The predicted molar refractivity (Wildman–Crippen MR) is 71.6 cm³/mol. The van der Waals surface area contributed by atoms with Crippen LogP contribution in [0.1, 0.15) is 44.5 Å². The molecule has 0 unspecified atom stereocenters. The van der Waals surface area contributed by atoms with Gasteiger partial charge in [-0.05, 0) is 42.7 Å². The maximum atomic E-state index is 4.47. The van der Waals surface area contributed by atoms with Gasteiger partial charge in [0.05, 0.1) is 15.9 Å². The van der Waals surface area contributed by atoms with Gasteiger partial charge in [-0.2, -0.15) is 5.10 Å². The second-order valence-corrected chi connectivity index (χ2v) is 4.84. The van der Waals surface area contributed by atoms with E-state index in [4.69, 9.17) is 0 Å². The van der Waals surface area contributed by atoms with Crippen molar-refractivity contribution in [2.24, 2.45) is 0 Å². The summed E-state index contributed by atoms with van der Waals surface area (Å²) < 4.78 is 3.21. The van der Waals surface area contributed by atoms with Gasteiger partial charge in [0.1, 0.15) is 0 Å². The number of hydrogen-bond acceptors (Lipinski definition) is 2. The van der Waals surface area contributed by atoms with Gasteiger partial charge in [-0.1, -0.05) is 19.8 Å². The average molecular weight is 288 g/mol. The van der Waals surface area contributed by atoms with E-state index in [1.165, 1.54) is 25.0 Å². The van der Waals surface area contributed by atoms with Gasteiger partial charge in [0.25, 0.3) is 0 Å². The minimum atomic E-state index is 0.902. The number of hydrogen-bond donors (Lipinski definition) is 1. The van der Waals surface area contributed by atoms with Crippen molar-refractivity contribution in [3.05, 3.63) is 15.9 Å². The largest absolute Gasteiger partial charge is 0.311 e. The highest BCUT2D eigenvalue weighted by Gasteiger charge is 2.10. The van der Waals surface area contributed by atoms with Crippen molar-refractivity contribution < 1.29 is 0 Å². The van der Waals surface area contributed by atoms with E-state index in [0.29, 0.717) is 0 Å². The molecule has 4 heteroatoms. The summed E-state index contributed by atoms with van der Waals surface area (Å²) in [6, 6.07) is 0. The van der Waals surface area contributed by atoms with Gasteiger partial charge in [0.15, 0.2) is 0 Å². The summed E-state index contributed by atoms with van der Waals surface area (Å²) in [5.41, 5.74) is 2.34. The van der Waals surface area contributed by atoms with Crippen LogP contribution >= 0.6 is 15.9 Å². The van der Waals surface area contributed by atoms with Crippen molar-refractivity contribution in [1.82, 2.24) is 15.1 Å². The van der Waals surface area contributed by atoms with Crippen LogP contribution in [-0.4, -0.2) is 16.3 Å². The van der Waals surface area contributed by atoms with Gasteiger partial charge in [-0.25, -0.2) is 0 Å². The number of aryl methyl sites for hydroxylation is 2. The number of rotatable bonds is 7. The first kappa shape index (κ1) is 13.7. The first-order valence-corrected chi connectivity index (χ1v) is 6.92. The van der Waals surface area contributed by atoms with Crippen LogP contribution in [0, 0.1) is 6.92 Å². The Morgan fingerprint density at radius 1 is 1.31 bits per heavy atom. The molecule has 1 aromatic rings. The highest BCUT2D eigenvalue weighted by atomic mass is 79.9. The fraction of sp³-hybridized carbons (Fsp3) is 0.750. The lowest BCUT2D eigenvalue weighted by Crippen LogP contribution is -2.18. The molecule has 0 amide bonds. The second-order valence-electron chi connectivity index (χ2n) is 4.05. The quantitative estimate of drug-likeness (QED) is 0.780. The maximum Gasteiger partial charge on any atom is 0.0739 e. The van der Waals surface area contributed by atoms with Crippen LogP contribution in [0.15, 0.2) is 4.47 Å². The van der Waals surface area contributed by atoms with Gasteiger partial charge in [0.2, 0.25) is 0 Å². The molecular weight excluding hydrogens is 266 g/mol. The lowest BCUT2D eigenvalue weighted by atomic mass is 10.2. The Balaban J connectivity index is 2.46. The molecule has 0 atom stereocenters. The number of nitrogens with zero attached hydrogens (tertiary/aromatic N) is 2. The maximum absolute atomic E-state index is 4.47.